The van der Waals surface area contributed by atoms with E-state index in [1.165, 1.54) is 10.9 Å². The van der Waals surface area contributed by atoms with Gasteiger partial charge in [0.05, 0.1) is 6.54 Å². The van der Waals surface area contributed by atoms with Gasteiger partial charge >= 0.3 is 0 Å². The summed E-state index contributed by atoms with van der Waals surface area (Å²) in [5.41, 5.74) is 2.20. The van der Waals surface area contributed by atoms with Crippen LogP contribution in [-0.4, -0.2) is 29.9 Å². The van der Waals surface area contributed by atoms with E-state index in [9.17, 15) is 4.79 Å². The zero-order chi connectivity index (χ0) is 16.4. The molecule has 0 bridgehead atoms. The Hall–Kier alpha value is -1.81. The molecule has 0 saturated carbocycles. The van der Waals surface area contributed by atoms with Gasteiger partial charge in [0.15, 0.2) is 0 Å². The normalized spacial score (nSPS) is 21.8. The monoisotopic (exact) mass is 314 g/mol. The second-order valence-electron chi connectivity index (χ2n) is 6.66. The number of nitrogens with one attached hydrogen (secondary N) is 1. The number of carbonyl (C=O) groups is 1. The lowest BCUT2D eigenvalue weighted by atomic mass is 9.90. The Morgan fingerprint density at radius 1 is 1.39 bits per heavy atom. The Morgan fingerprint density at radius 3 is 2.96 bits per heavy atom. The maximum Gasteiger partial charge on any atom is 0.219 e. The lowest BCUT2D eigenvalue weighted by molar-refractivity contribution is -0.131. The van der Waals surface area contributed by atoms with Crippen LogP contribution in [0.5, 0.6) is 0 Å². The van der Waals surface area contributed by atoms with Gasteiger partial charge in [0.1, 0.15) is 11.3 Å². The van der Waals surface area contributed by atoms with Crippen molar-refractivity contribution in [2.24, 2.45) is 5.92 Å². The number of nitrogens with zero attached hydrogens (tertiary/aromatic N) is 1. The molecule has 23 heavy (non-hydrogen) atoms. The SMILES string of the molecule is CCC1CN(C(C)=O)CCC1NCc1cc2cc(C)ccc2o1. The van der Waals surface area contributed by atoms with Gasteiger partial charge in [0, 0.05) is 31.4 Å². The highest BCUT2D eigenvalue weighted by molar-refractivity contribution is 5.78. The van der Waals surface area contributed by atoms with E-state index >= 15 is 0 Å². The van der Waals surface area contributed by atoms with Gasteiger partial charge in [-0.15, -0.1) is 0 Å². The Morgan fingerprint density at radius 2 is 2.22 bits per heavy atom. The minimum absolute atomic E-state index is 0.189. The summed E-state index contributed by atoms with van der Waals surface area (Å²) in [4.78, 5) is 13.5. The molecule has 1 aromatic carbocycles. The summed E-state index contributed by atoms with van der Waals surface area (Å²) >= 11 is 0. The number of hydrogen-bond acceptors (Lipinski definition) is 3. The number of piperidine rings is 1. The third-order valence-corrected chi connectivity index (χ3v) is 4.96. The number of rotatable bonds is 4. The summed E-state index contributed by atoms with van der Waals surface area (Å²) in [6.07, 6.45) is 2.10. The van der Waals surface area contributed by atoms with Crippen molar-refractivity contribution < 1.29 is 9.21 Å². The Labute approximate surface area is 137 Å². The molecule has 3 rings (SSSR count). The number of amides is 1. The first kappa shape index (κ1) is 16.1. The van der Waals surface area contributed by atoms with Crippen LogP contribution >= 0.6 is 0 Å². The fourth-order valence-electron chi connectivity index (χ4n) is 3.54. The maximum atomic E-state index is 11.6. The molecule has 1 aliphatic heterocycles. The van der Waals surface area contributed by atoms with Gasteiger partial charge in [0.25, 0.3) is 0 Å². The van der Waals surface area contributed by atoms with Crippen molar-refractivity contribution >= 4 is 16.9 Å². The number of carbonyl (C=O) groups excluding carboxylic acids is 1. The molecule has 1 amide bonds. The number of hydrogen-bond donors (Lipinski definition) is 1. The van der Waals surface area contributed by atoms with Crippen LogP contribution in [0.15, 0.2) is 28.7 Å². The topological polar surface area (TPSA) is 45.5 Å². The van der Waals surface area contributed by atoms with Crippen LogP contribution in [0.3, 0.4) is 0 Å². The van der Waals surface area contributed by atoms with Crippen LogP contribution in [0.2, 0.25) is 0 Å². The quantitative estimate of drug-likeness (QED) is 0.940. The lowest BCUT2D eigenvalue weighted by Crippen LogP contribution is -2.50. The molecule has 2 unspecified atom stereocenters. The Balaban J connectivity index is 1.63. The minimum atomic E-state index is 0.189. The summed E-state index contributed by atoms with van der Waals surface area (Å²) in [6.45, 7) is 8.42. The van der Waals surface area contributed by atoms with Crippen LogP contribution in [0, 0.1) is 12.8 Å². The third kappa shape index (κ3) is 3.58. The largest absolute Gasteiger partial charge is 0.460 e. The summed E-state index contributed by atoms with van der Waals surface area (Å²) in [5.74, 6) is 1.68. The summed E-state index contributed by atoms with van der Waals surface area (Å²) in [5, 5.41) is 4.81. The lowest BCUT2D eigenvalue weighted by Gasteiger charge is -2.38. The molecule has 1 aliphatic rings. The summed E-state index contributed by atoms with van der Waals surface area (Å²) in [7, 11) is 0. The highest BCUT2D eigenvalue weighted by Crippen LogP contribution is 2.23. The van der Waals surface area contributed by atoms with Crippen LogP contribution < -0.4 is 5.32 Å². The predicted octanol–water partition coefficient (Wildman–Crippen LogP) is 3.48. The molecule has 2 heterocycles. The van der Waals surface area contributed by atoms with Crippen LogP contribution in [0.25, 0.3) is 11.0 Å². The number of furan rings is 1. The average molecular weight is 314 g/mol. The Kier molecular flexibility index (Phi) is 4.71. The van der Waals surface area contributed by atoms with Crippen LogP contribution in [0.1, 0.15) is 38.0 Å². The van der Waals surface area contributed by atoms with Gasteiger partial charge in [-0.2, -0.15) is 0 Å². The van der Waals surface area contributed by atoms with Gasteiger partial charge in [-0.05, 0) is 37.5 Å². The first-order valence-electron chi connectivity index (χ1n) is 8.54. The van der Waals surface area contributed by atoms with Gasteiger partial charge in [-0.3, -0.25) is 4.79 Å². The molecular formula is C19H26N2O2. The van der Waals surface area contributed by atoms with Crippen molar-refractivity contribution in [3.05, 3.63) is 35.6 Å². The molecule has 1 fully saturated rings. The molecule has 4 nitrogen and oxygen atoms in total. The molecule has 1 saturated heterocycles. The molecule has 124 valence electrons. The standard InChI is InChI=1S/C19H26N2O2/c1-4-15-12-21(14(3)22)8-7-18(15)20-11-17-10-16-9-13(2)5-6-19(16)23-17/h5-6,9-10,15,18,20H,4,7-8,11-12H2,1-3H3. The van der Waals surface area contributed by atoms with E-state index in [0.29, 0.717) is 12.0 Å². The van der Waals surface area contributed by atoms with E-state index in [4.69, 9.17) is 4.42 Å². The number of likely N-dealkylation sites (tertiary alicyclic amines) is 1. The number of fused-ring (bicyclic) bond motifs is 1. The molecular weight excluding hydrogens is 288 g/mol. The zero-order valence-electron chi connectivity index (χ0n) is 14.3. The summed E-state index contributed by atoms with van der Waals surface area (Å²) < 4.78 is 5.92. The minimum Gasteiger partial charge on any atom is -0.460 e. The maximum absolute atomic E-state index is 11.6. The second-order valence-corrected chi connectivity index (χ2v) is 6.66. The summed E-state index contributed by atoms with van der Waals surface area (Å²) in [6, 6.07) is 8.84. The van der Waals surface area contributed by atoms with Crippen molar-refractivity contribution in [2.45, 2.75) is 46.2 Å². The van der Waals surface area contributed by atoms with Gasteiger partial charge in [-0.1, -0.05) is 25.0 Å². The molecule has 4 heteroatoms. The van der Waals surface area contributed by atoms with E-state index in [1.807, 2.05) is 11.0 Å². The first-order valence-corrected chi connectivity index (χ1v) is 8.54. The smallest absolute Gasteiger partial charge is 0.219 e. The van der Waals surface area contributed by atoms with E-state index in [1.54, 1.807) is 6.92 Å². The van der Waals surface area contributed by atoms with E-state index in [-0.39, 0.29) is 5.91 Å². The molecule has 1 aromatic heterocycles. The fourth-order valence-corrected chi connectivity index (χ4v) is 3.54. The molecule has 2 atom stereocenters. The Bertz CT molecular complexity index is 692. The number of benzene rings is 1. The van der Waals surface area contributed by atoms with Gasteiger partial charge < -0.3 is 14.6 Å². The molecule has 0 aliphatic carbocycles. The van der Waals surface area contributed by atoms with Crippen molar-refractivity contribution in [1.82, 2.24) is 10.2 Å². The second kappa shape index (κ2) is 6.75. The zero-order valence-corrected chi connectivity index (χ0v) is 14.3. The van der Waals surface area contributed by atoms with Crippen LogP contribution in [0.4, 0.5) is 0 Å². The molecule has 0 radical (unpaired) electrons. The van der Waals surface area contributed by atoms with Crippen molar-refractivity contribution in [3.63, 3.8) is 0 Å². The van der Waals surface area contributed by atoms with Gasteiger partial charge in [0.2, 0.25) is 5.91 Å². The van der Waals surface area contributed by atoms with E-state index in [0.717, 1.165) is 43.8 Å². The molecule has 0 spiro atoms. The van der Waals surface area contributed by atoms with Crippen molar-refractivity contribution in [2.75, 3.05) is 13.1 Å². The van der Waals surface area contributed by atoms with E-state index in [2.05, 4.69) is 37.4 Å². The number of aryl methyl sites for hydroxylation is 1. The molecule has 2 aromatic rings. The first-order chi connectivity index (χ1) is 11.1. The van der Waals surface area contributed by atoms with Crippen molar-refractivity contribution in [1.29, 1.82) is 0 Å². The fraction of sp³-hybridized carbons (Fsp3) is 0.526. The highest BCUT2D eigenvalue weighted by Gasteiger charge is 2.28. The van der Waals surface area contributed by atoms with Crippen LogP contribution in [-0.2, 0) is 11.3 Å². The molecule has 1 N–H and O–H groups in total. The third-order valence-electron chi connectivity index (χ3n) is 4.96. The average Bonchev–Trinajstić information content (AvgIpc) is 2.94. The van der Waals surface area contributed by atoms with Crippen molar-refractivity contribution in [3.8, 4) is 0 Å². The van der Waals surface area contributed by atoms with E-state index < -0.39 is 0 Å². The highest BCUT2D eigenvalue weighted by atomic mass is 16.3. The predicted molar refractivity (Wildman–Crippen MR) is 92.2 cm³/mol. The van der Waals surface area contributed by atoms with Gasteiger partial charge in [-0.25, -0.2) is 0 Å².